The first-order valence-electron chi connectivity index (χ1n) is 8.77. The molecule has 0 saturated carbocycles. The van der Waals surface area contributed by atoms with Crippen LogP contribution in [0.3, 0.4) is 0 Å². The molecule has 4 rings (SSSR count). The van der Waals surface area contributed by atoms with Gasteiger partial charge in [0.2, 0.25) is 11.8 Å². The third kappa shape index (κ3) is 3.12. The van der Waals surface area contributed by atoms with E-state index in [4.69, 9.17) is 0 Å². The number of hydrogen-bond acceptors (Lipinski definition) is 6. The van der Waals surface area contributed by atoms with Crippen LogP contribution < -0.4 is 10.2 Å². The van der Waals surface area contributed by atoms with Crippen molar-refractivity contribution in [2.24, 2.45) is 0 Å². The van der Waals surface area contributed by atoms with Gasteiger partial charge in [-0.2, -0.15) is 0 Å². The molecule has 2 aliphatic rings. The lowest BCUT2D eigenvalue weighted by molar-refractivity contribution is -0.134. The van der Waals surface area contributed by atoms with Gasteiger partial charge < -0.3 is 15.1 Å². The molecule has 0 radical (unpaired) electrons. The molecule has 9 heteroatoms. The average molecular weight is 355 g/mol. The Balaban J connectivity index is 1.41. The van der Waals surface area contributed by atoms with E-state index in [-0.39, 0.29) is 17.9 Å². The number of amides is 2. The third-order valence-corrected chi connectivity index (χ3v) is 4.92. The van der Waals surface area contributed by atoms with Gasteiger partial charge in [-0.1, -0.05) is 0 Å². The minimum absolute atomic E-state index is 0.0212. The van der Waals surface area contributed by atoms with Gasteiger partial charge in [0.25, 0.3) is 0 Å². The van der Waals surface area contributed by atoms with Crippen molar-refractivity contribution in [2.45, 2.75) is 25.8 Å². The maximum atomic E-state index is 12.5. The van der Waals surface area contributed by atoms with Crippen LogP contribution in [0, 0.1) is 6.92 Å². The minimum Gasteiger partial charge on any atom is -0.353 e. The largest absolute Gasteiger partial charge is 0.353 e. The van der Waals surface area contributed by atoms with Gasteiger partial charge in [0.1, 0.15) is 29.8 Å². The molecule has 2 amide bonds. The summed E-state index contributed by atoms with van der Waals surface area (Å²) in [5, 5.41) is 2.75. The van der Waals surface area contributed by atoms with Crippen molar-refractivity contribution < 1.29 is 9.59 Å². The van der Waals surface area contributed by atoms with Crippen LogP contribution in [0.5, 0.6) is 0 Å². The van der Waals surface area contributed by atoms with E-state index in [2.05, 4.69) is 25.2 Å². The summed E-state index contributed by atoms with van der Waals surface area (Å²) in [6, 6.07) is 1.58. The lowest BCUT2D eigenvalue weighted by Gasteiger charge is -2.36. The Morgan fingerprint density at radius 2 is 1.92 bits per heavy atom. The normalized spacial score (nSPS) is 20.3. The molecule has 2 aromatic rings. The molecule has 136 valence electrons. The number of anilines is 1. The molecule has 2 aromatic heterocycles. The van der Waals surface area contributed by atoms with Crippen LogP contribution in [-0.4, -0.2) is 68.5 Å². The smallest absolute Gasteiger partial charge is 0.245 e. The van der Waals surface area contributed by atoms with Gasteiger partial charge in [0.05, 0.1) is 0 Å². The number of nitrogens with zero attached hydrogens (tertiary/aromatic N) is 6. The highest BCUT2D eigenvalue weighted by molar-refractivity contribution is 5.90. The van der Waals surface area contributed by atoms with Crippen LogP contribution >= 0.6 is 0 Å². The summed E-state index contributed by atoms with van der Waals surface area (Å²) in [4.78, 5) is 40.7. The molecule has 26 heavy (non-hydrogen) atoms. The molecule has 2 saturated heterocycles. The van der Waals surface area contributed by atoms with E-state index in [9.17, 15) is 9.59 Å². The first kappa shape index (κ1) is 16.5. The van der Waals surface area contributed by atoms with E-state index < -0.39 is 0 Å². The second-order valence-corrected chi connectivity index (χ2v) is 6.55. The van der Waals surface area contributed by atoms with Gasteiger partial charge in [0, 0.05) is 51.1 Å². The fraction of sp³-hybridized carbons (Fsp3) is 0.471. The summed E-state index contributed by atoms with van der Waals surface area (Å²) >= 11 is 0. The minimum atomic E-state index is -0.357. The molecule has 0 bridgehead atoms. The Hall–Kier alpha value is -2.97. The zero-order valence-electron chi connectivity index (χ0n) is 14.6. The van der Waals surface area contributed by atoms with Crippen molar-refractivity contribution in [2.75, 3.05) is 31.1 Å². The molecule has 4 heterocycles. The molecule has 0 spiro atoms. The fourth-order valence-corrected chi connectivity index (χ4v) is 3.44. The molecule has 2 fully saturated rings. The Bertz CT molecular complexity index is 826. The Kier molecular flexibility index (Phi) is 4.27. The maximum absolute atomic E-state index is 12.5. The standard InChI is InChI=1S/C17H21N7O2/c1-12-18-4-5-24(12)15-10-14(19-11-20-15)22-6-8-23(9-7-22)17(26)13-2-3-16(25)21-13/h4-5,10-11,13H,2-3,6-9H2,1H3,(H,21,25). The van der Waals surface area contributed by atoms with Crippen LogP contribution in [0.2, 0.25) is 0 Å². The molecule has 9 nitrogen and oxygen atoms in total. The summed E-state index contributed by atoms with van der Waals surface area (Å²) in [6.45, 7) is 4.56. The fourth-order valence-electron chi connectivity index (χ4n) is 3.44. The zero-order chi connectivity index (χ0) is 18.1. The van der Waals surface area contributed by atoms with Gasteiger partial charge in [-0.3, -0.25) is 14.2 Å². The highest BCUT2D eigenvalue weighted by Crippen LogP contribution is 2.18. The quantitative estimate of drug-likeness (QED) is 0.826. The lowest BCUT2D eigenvalue weighted by Crippen LogP contribution is -2.53. The number of rotatable bonds is 3. The number of carbonyl (C=O) groups is 2. The van der Waals surface area contributed by atoms with Gasteiger partial charge in [-0.15, -0.1) is 0 Å². The number of aromatic nitrogens is 4. The van der Waals surface area contributed by atoms with E-state index in [1.165, 1.54) is 0 Å². The number of nitrogens with one attached hydrogen (secondary N) is 1. The van der Waals surface area contributed by atoms with Crippen LogP contribution in [0.4, 0.5) is 5.82 Å². The van der Waals surface area contributed by atoms with Crippen LogP contribution in [0.25, 0.3) is 5.82 Å². The van der Waals surface area contributed by atoms with E-state index in [0.29, 0.717) is 39.0 Å². The zero-order valence-corrected chi connectivity index (χ0v) is 14.6. The number of piperazine rings is 1. The van der Waals surface area contributed by atoms with Crippen molar-refractivity contribution in [1.29, 1.82) is 0 Å². The summed E-state index contributed by atoms with van der Waals surface area (Å²) in [6.07, 6.45) is 6.19. The number of hydrogen-bond donors (Lipinski definition) is 1. The number of carbonyl (C=O) groups excluding carboxylic acids is 2. The van der Waals surface area contributed by atoms with Crippen molar-refractivity contribution in [3.8, 4) is 5.82 Å². The van der Waals surface area contributed by atoms with Crippen LogP contribution in [0.1, 0.15) is 18.7 Å². The van der Waals surface area contributed by atoms with Crippen molar-refractivity contribution in [3.05, 3.63) is 30.6 Å². The average Bonchev–Trinajstić information content (AvgIpc) is 3.30. The van der Waals surface area contributed by atoms with E-state index in [0.717, 1.165) is 17.5 Å². The van der Waals surface area contributed by atoms with Gasteiger partial charge in [0.15, 0.2) is 0 Å². The van der Waals surface area contributed by atoms with Crippen LogP contribution in [-0.2, 0) is 9.59 Å². The predicted molar refractivity (Wildman–Crippen MR) is 93.8 cm³/mol. The molecule has 1 unspecified atom stereocenters. The van der Waals surface area contributed by atoms with Gasteiger partial charge in [-0.25, -0.2) is 15.0 Å². The highest BCUT2D eigenvalue weighted by Gasteiger charge is 2.32. The lowest BCUT2D eigenvalue weighted by atomic mass is 10.2. The molecule has 1 atom stereocenters. The molecule has 0 aromatic carbocycles. The second kappa shape index (κ2) is 6.74. The summed E-state index contributed by atoms with van der Waals surface area (Å²) < 4.78 is 1.91. The molecular weight excluding hydrogens is 334 g/mol. The summed E-state index contributed by atoms with van der Waals surface area (Å²) in [5.74, 6) is 2.46. The Morgan fingerprint density at radius 1 is 1.15 bits per heavy atom. The maximum Gasteiger partial charge on any atom is 0.245 e. The Morgan fingerprint density at radius 3 is 2.58 bits per heavy atom. The Labute approximate surface area is 151 Å². The third-order valence-electron chi connectivity index (χ3n) is 4.92. The van der Waals surface area contributed by atoms with E-state index in [1.807, 2.05) is 28.7 Å². The molecule has 2 aliphatic heterocycles. The predicted octanol–water partition coefficient (Wildman–Crippen LogP) is -0.102. The van der Waals surface area contributed by atoms with Crippen molar-refractivity contribution >= 4 is 17.6 Å². The van der Waals surface area contributed by atoms with E-state index >= 15 is 0 Å². The summed E-state index contributed by atoms with van der Waals surface area (Å²) in [5.41, 5.74) is 0. The van der Waals surface area contributed by atoms with Gasteiger partial charge >= 0.3 is 0 Å². The highest BCUT2D eigenvalue weighted by atomic mass is 16.2. The topological polar surface area (TPSA) is 96.2 Å². The number of imidazole rings is 1. The first-order chi connectivity index (χ1) is 12.6. The molecular formula is C17H21N7O2. The molecule has 1 N–H and O–H groups in total. The number of aryl methyl sites for hydroxylation is 1. The molecule has 0 aliphatic carbocycles. The monoisotopic (exact) mass is 355 g/mol. The van der Waals surface area contributed by atoms with Gasteiger partial charge in [-0.05, 0) is 13.3 Å². The second-order valence-electron chi connectivity index (χ2n) is 6.55. The van der Waals surface area contributed by atoms with E-state index in [1.54, 1.807) is 12.5 Å². The summed E-state index contributed by atoms with van der Waals surface area (Å²) in [7, 11) is 0. The van der Waals surface area contributed by atoms with Crippen molar-refractivity contribution in [1.82, 2.24) is 29.7 Å². The van der Waals surface area contributed by atoms with Crippen molar-refractivity contribution in [3.63, 3.8) is 0 Å². The SMILES string of the molecule is Cc1nccn1-c1cc(N2CCN(C(=O)C3CCC(=O)N3)CC2)ncn1. The van der Waals surface area contributed by atoms with Crippen LogP contribution in [0.15, 0.2) is 24.8 Å². The first-order valence-corrected chi connectivity index (χ1v) is 8.77.